The smallest absolute Gasteiger partial charge is 0.225 e. The Kier molecular flexibility index (Phi) is 6.10. The number of methoxy groups -OCH3 is 1. The summed E-state index contributed by atoms with van der Waals surface area (Å²) in [6.07, 6.45) is 0.274. The zero-order valence-electron chi connectivity index (χ0n) is 12.3. The summed E-state index contributed by atoms with van der Waals surface area (Å²) in [5, 5.41) is 2.76. The number of anilines is 1. The van der Waals surface area contributed by atoms with Gasteiger partial charge in [-0.15, -0.1) is 11.6 Å². The van der Waals surface area contributed by atoms with Gasteiger partial charge in [-0.1, -0.05) is 30.3 Å². The SMILES string of the molecule is COc1cc(NC(=O)CCCl)ccc1OCc1ccccc1. The predicted octanol–water partition coefficient (Wildman–Crippen LogP) is 3.84. The van der Waals surface area contributed by atoms with Crippen LogP contribution < -0.4 is 14.8 Å². The third-order valence-electron chi connectivity index (χ3n) is 3.01. The summed E-state index contributed by atoms with van der Waals surface area (Å²) in [4.78, 5) is 11.5. The molecule has 1 N–H and O–H groups in total. The van der Waals surface area contributed by atoms with E-state index in [0.29, 0.717) is 29.7 Å². The van der Waals surface area contributed by atoms with E-state index >= 15 is 0 Å². The molecule has 0 aliphatic heterocycles. The Hall–Kier alpha value is -2.20. The van der Waals surface area contributed by atoms with E-state index in [4.69, 9.17) is 21.1 Å². The number of amides is 1. The van der Waals surface area contributed by atoms with E-state index < -0.39 is 0 Å². The number of carbonyl (C=O) groups excluding carboxylic acids is 1. The van der Waals surface area contributed by atoms with Gasteiger partial charge in [-0.05, 0) is 17.7 Å². The molecule has 2 aromatic rings. The van der Waals surface area contributed by atoms with Crippen molar-refractivity contribution in [2.75, 3.05) is 18.3 Å². The molecule has 1 amide bonds. The maximum Gasteiger partial charge on any atom is 0.225 e. The highest BCUT2D eigenvalue weighted by atomic mass is 35.5. The van der Waals surface area contributed by atoms with E-state index in [9.17, 15) is 4.79 Å². The van der Waals surface area contributed by atoms with Crippen LogP contribution in [-0.2, 0) is 11.4 Å². The number of carbonyl (C=O) groups is 1. The molecule has 0 fully saturated rings. The largest absolute Gasteiger partial charge is 0.493 e. The lowest BCUT2D eigenvalue weighted by Crippen LogP contribution is -2.11. The summed E-state index contributed by atoms with van der Waals surface area (Å²) in [5.74, 6) is 1.36. The van der Waals surface area contributed by atoms with Gasteiger partial charge in [0.25, 0.3) is 0 Å². The van der Waals surface area contributed by atoms with Gasteiger partial charge in [0.15, 0.2) is 11.5 Å². The van der Waals surface area contributed by atoms with Gasteiger partial charge in [0, 0.05) is 24.1 Å². The normalized spacial score (nSPS) is 10.1. The van der Waals surface area contributed by atoms with Crippen LogP contribution in [0.1, 0.15) is 12.0 Å². The summed E-state index contributed by atoms with van der Waals surface area (Å²) < 4.78 is 11.1. The molecule has 0 bridgehead atoms. The summed E-state index contributed by atoms with van der Waals surface area (Å²) >= 11 is 5.54. The van der Waals surface area contributed by atoms with Crippen LogP contribution in [0.15, 0.2) is 48.5 Å². The number of rotatable bonds is 7. The van der Waals surface area contributed by atoms with Crippen LogP contribution in [-0.4, -0.2) is 18.9 Å². The molecule has 22 heavy (non-hydrogen) atoms. The monoisotopic (exact) mass is 319 g/mol. The minimum atomic E-state index is -0.130. The number of alkyl halides is 1. The number of ether oxygens (including phenoxy) is 2. The van der Waals surface area contributed by atoms with Crippen LogP contribution in [0.3, 0.4) is 0 Å². The Balaban J connectivity index is 2.04. The molecular weight excluding hydrogens is 302 g/mol. The predicted molar refractivity (Wildman–Crippen MR) is 87.7 cm³/mol. The van der Waals surface area contributed by atoms with E-state index in [1.165, 1.54) is 0 Å². The van der Waals surface area contributed by atoms with Crippen LogP contribution >= 0.6 is 11.6 Å². The quantitative estimate of drug-likeness (QED) is 0.789. The van der Waals surface area contributed by atoms with Crippen LogP contribution in [0, 0.1) is 0 Å². The van der Waals surface area contributed by atoms with Crippen LogP contribution in [0.2, 0.25) is 0 Å². The average molecular weight is 320 g/mol. The maximum atomic E-state index is 11.5. The summed E-state index contributed by atoms with van der Waals surface area (Å²) in [7, 11) is 1.56. The van der Waals surface area contributed by atoms with E-state index in [1.807, 2.05) is 30.3 Å². The first kappa shape index (κ1) is 16.2. The molecule has 2 aromatic carbocycles. The lowest BCUT2D eigenvalue weighted by molar-refractivity contribution is -0.115. The van der Waals surface area contributed by atoms with E-state index in [0.717, 1.165) is 5.56 Å². The molecule has 0 aromatic heterocycles. The molecule has 0 heterocycles. The van der Waals surface area contributed by atoms with Gasteiger partial charge in [0.1, 0.15) is 6.61 Å². The standard InChI is InChI=1S/C17H18ClNO3/c1-21-16-11-14(19-17(20)9-10-18)7-8-15(16)22-12-13-5-3-2-4-6-13/h2-8,11H,9-10,12H2,1H3,(H,19,20). The number of nitrogens with one attached hydrogen (secondary N) is 1. The minimum Gasteiger partial charge on any atom is -0.493 e. The van der Waals surface area contributed by atoms with Crippen molar-refractivity contribution in [2.24, 2.45) is 0 Å². The zero-order valence-corrected chi connectivity index (χ0v) is 13.1. The molecule has 0 unspecified atom stereocenters. The van der Waals surface area contributed by atoms with E-state index in [-0.39, 0.29) is 12.3 Å². The number of halogens is 1. The first-order chi connectivity index (χ1) is 10.7. The van der Waals surface area contributed by atoms with Gasteiger partial charge in [0.05, 0.1) is 7.11 Å². The summed E-state index contributed by atoms with van der Waals surface area (Å²) in [5.41, 5.74) is 1.73. The van der Waals surface area contributed by atoms with Gasteiger partial charge in [-0.3, -0.25) is 4.79 Å². The second-order valence-electron chi connectivity index (χ2n) is 4.63. The molecule has 116 valence electrons. The number of hydrogen-bond acceptors (Lipinski definition) is 3. The molecule has 0 radical (unpaired) electrons. The van der Waals surface area contributed by atoms with Gasteiger partial charge < -0.3 is 14.8 Å². The molecule has 2 rings (SSSR count). The molecule has 0 atom stereocenters. The van der Waals surface area contributed by atoms with Crippen molar-refractivity contribution in [3.63, 3.8) is 0 Å². The fraction of sp³-hybridized carbons (Fsp3) is 0.235. The highest BCUT2D eigenvalue weighted by Crippen LogP contribution is 2.30. The lowest BCUT2D eigenvalue weighted by atomic mass is 10.2. The Labute approximate surface area is 135 Å². The summed E-state index contributed by atoms with van der Waals surface area (Å²) in [6.45, 7) is 0.454. The maximum absolute atomic E-state index is 11.5. The molecule has 4 nitrogen and oxygen atoms in total. The first-order valence-electron chi connectivity index (χ1n) is 6.93. The van der Waals surface area contributed by atoms with Gasteiger partial charge in [-0.25, -0.2) is 0 Å². The minimum absolute atomic E-state index is 0.130. The highest BCUT2D eigenvalue weighted by Gasteiger charge is 2.08. The molecule has 0 saturated carbocycles. The van der Waals surface area contributed by atoms with Crippen molar-refractivity contribution in [2.45, 2.75) is 13.0 Å². The first-order valence-corrected chi connectivity index (χ1v) is 7.47. The molecule has 0 spiro atoms. The summed E-state index contributed by atoms with van der Waals surface area (Å²) in [6, 6.07) is 15.2. The third kappa shape index (κ3) is 4.67. The van der Waals surface area contributed by atoms with Crippen LogP contribution in [0.5, 0.6) is 11.5 Å². The van der Waals surface area contributed by atoms with E-state index in [1.54, 1.807) is 25.3 Å². The second kappa shape index (κ2) is 8.29. The van der Waals surface area contributed by atoms with Crippen molar-refractivity contribution in [1.82, 2.24) is 0 Å². The Morgan fingerprint density at radius 1 is 1.14 bits per heavy atom. The van der Waals surface area contributed by atoms with E-state index in [2.05, 4.69) is 5.32 Å². The fourth-order valence-electron chi connectivity index (χ4n) is 1.91. The molecule has 0 aliphatic rings. The van der Waals surface area contributed by atoms with Crippen molar-refractivity contribution in [3.8, 4) is 11.5 Å². The second-order valence-corrected chi connectivity index (χ2v) is 5.01. The highest BCUT2D eigenvalue weighted by molar-refractivity contribution is 6.19. The number of hydrogen-bond donors (Lipinski definition) is 1. The van der Waals surface area contributed by atoms with Gasteiger partial charge in [-0.2, -0.15) is 0 Å². The average Bonchev–Trinajstić information content (AvgIpc) is 2.54. The van der Waals surface area contributed by atoms with Crippen molar-refractivity contribution in [3.05, 3.63) is 54.1 Å². The Morgan fingerprint density at radius 3 is 2.59 bits per heavy atom. The molecule has 0 aliphatic carbocycles. The molecule has 0 saturated heterocycles. The molecular formula is C17H18ClNO3. The third-order valence-corrected chi connectivity index (χ3v) is 3.20. The Bertz CT molecular complexity index is 617. The van der Waals surface area contributed by atoms with Crippen LogP contribution in [0.25, 0.3) is 0 Å². The fourth-order valence-corrected chi connectivity index (χ4v) is 2.08. The van der Waals surface area contributed by atoms with Crippen molar-refractivity contribution < 1.29 is 14.3 Å². The lowest BCUT2D eigenvalue weighted by Gasteiger charge is -2.12. The van der Waals surface area contributed by atoms with Gasteiger partial charge >= 0.3 is 0 Å². The van der Waals surface area contributed by atoms with Crippen molar-refractivity contribution >= 4 is 23.2 Å². The zero-order chi connectivity index (χ0) is 15.8. The number of benzene rings is 2. The topological polar surface area (TPSA) is 47.6 Å². The Morgan fingerprint density at radius 2 is 1.91 bits per heavy atom. The molecule has 5 heteroatoms. The van der Waals surface area contributed by atoms with Crippen molar-refractivity contribution in [1.29, 1.82) is 0 Å². The van der Waals surface area contributed by atoms with Crippen LogP contribution in [0.4, 0.5) is 5.69 Å². The van der Waals surface area contributed by atoms with Gasteiger partial charge in [0.2, 0.25) is 5.91 Å².